The van der Waals surface area contributed by atoms with Gasteiger partial charge in [-0.05, 0) is 42.5 Å². The number of benzene rings is 2. The van der Waals surface area contributed by atoms with Crippen LogP contribution in [0.3, 0.4) is 0 Å². The number of hydrogen-bond acceptors (Lipinski definition) is 1. The number of halogens is 1. The zero-order valence-electron chi connectivity index (χ0n) is 12.4. The minimum atomic E-state index is -0.633. The fourth-order valence-electron chi connectivity index (χ4n) is 2.15. The van der Waals surface area contributed by atoms with Crippen molar-refractivity contribution in [2.24, 2.45) is 0 Å². The van der Waals surface area contributed by atoms with Crippen molar-refractivity contribution in [3.63, 3.8) is 0 Å². The van der Waals surface area contributed by atoms with Crippen LogP contribution in [-0.4, -0.2) is 12.5 Å². The van der Waals surface area contributed by atoms with E-state index in [0.717, 1.165) is 12.0 Å². The second-order valence-corrected chi connectivity index (χ2v) is 5.67. The summed E-state index contributed by atoms with van der Waals surface area (Å²) in [5.41, 5.74) is 4.61. The van der Waals surface area contributed by atoms with Crippen LogP contribution in [0, 0.1) is 13.8 Å². The largest absolute Gasteiger partial charge is 0.354 e. The smallest absolute Gasteiger partial charge is 0.242 e. The molecule has 1 unspecified atom stereocenters. The third-order valence-corrected chi connectivity index (χ3v) is 4.06. The van der Waals surface area contributed by atoms with Crippen molar-refractivity contribution >= 4 is 17.5 Å². The van der Waals surface area contributed by atoms with Gasteiger partial charge in [-0.2, -0.15) is 0 Å². The van der Waals surface area contributed by atoms with Crippen molar-refractivity contribution in [2.75, 3.05) is 6.54 Å². The molecule has 21 heavy (non-hydrogen) atoms. The maximum absolute atomic E-state index is 12.0. The first-order valence-corrected chi connectivity index (χ1v) is 7.54. The standard InChI is InChI=1S/C18H20ClNO/c1-13-8-9-15(12-14(13)2)10-11-20-18(21)17(19)16-6-4-3-5-7-16/h3-9,12,17H,10-11H2,1-2H3,(H,20,21). The molecule has 0 aliphatic rings. The second kappa shape index (κ2) is 7.28. The Hall–Kier alpha value is -1.80. The van der Waals surface area contributed by atoms with Gasteiger partial charge in [0, 0.05) is 6.54 Å². The van der Waals surface area contributed by atoms with Gasteiger partial charge in [0.2, 0.25) is 5.91 Å². The Morgan fingerprint density at radius 3 is 2.48 bits per heavy atom. The van der Waals surface area contributed by atoms with E-state index in [9.17, 15) is 4.79 Å². The average molecular weight is 302 g/mol. The molecule has 1 amide bonds. The lowest BCUT2D eigenvalue weighted by Crippen LogP contribution is -2.28. The van der Waals surface area contributed by atoms with E-state index >= 15 is 0 Å². The summed E-state index contributed by atoms with van der Waals surface area (Å²) in [6.45, 7) is 4.79. The maximum Gasteiger partial charge on any atom is 0.242 e. The average Bonchev–Trinajstić information content (AvgIpc) is 2.51. The maximum atomic E-state index is 12.0. The van der Waals surface area contributed by atoms with Crippen molar-refractivity contribution in [3.05, 3.63) is 70.8 Å². The summed E-state index contributed by atoms with van der Waals surface area (Å²) in [6.07, 6.45) is 0.811. The van der Waals surface area contributed by atoms with Gasteiger partial charge in [0.15, 0.2) is 0 Å². The SMILES string of the molecule is Cc1ccc(CCNC(=O)C(Cl)c2ccccc2)cc1C. The third kappa shape index (κ3) is 4.33. The minimum absolute atomic E-state index is 0.147. The normalized spacial score (nSPS) is 12.0. The summed E-state index contributed by atoms with van der Waals surface area (Å²) >= 11 is 6.17. The van der Waals surface area contributed by atoms with Crippen LogP contribution in [0.2, 0.25) is 0 Å². The summed E-state index contributed by atoms with van der Waals surface area (Å²) in [5.74, 6) is -0.147. The molecule has 0 saturated heterocycles. The Labute approximate surface area is 131 Å². The molecule has 1 N–H and O–H groups in total. The van der Waals surface area contributed by atoms with Crippen LogP contribution < -0.4 is 5.32 Å². The number of amides is 1. The van der Waals surface area contributed by atoms with E-state index in [2.05, 4.69) is 37.4 Å². The van der Waals surface area contributed by atoms with Crippen molar-refractivity contribution in [2.45, 2.75) is 25.6 Å². The lowest BCUT2D eigenvalue weighted by Gasteiger charge is -2.11. The molecule has 0 bridgehead atoms. The van der Waals surface area contributed by atoms with Gasteiger partial charge in [-0.15, -0.1) is 11.6 Å². The number of carbonyl (C=O) groups excluding carboxylic acids is 1. The number of hydrogen-bond donors (Lipinski definition) is 1. The molecular formula is C18H20ClNO. The van der Waals surface area contributed by atoms with Crippen molar-refractivity contribution in [1.29, 1.82) is 0 Å². The van der Waals surface area contributed by atoms with E-state index < -0.39 is 5.38 Å². The first-order valence-electron chi connectivity index (χ1n) is 7.11. The first kappa shape index (κ1) is 15.6. The second-order valence-electron chi connectivity index (χ2n) is 5.23. The molecule has 0 aliphatic carbocycles. The molecule has 0 aliphatic heterocycles. The molecule has 3 heteroatoms. The van der Waals surface area contributed by atoms with Crippen LogP contribution in [0.15, 0.2) is 48.5 Å². The van der Waals surface area contributed by atoms with Gasteiger partial charge >= 0.3 is 0 Å². The summed E-state index contributed by atoms with van der Waals surface area (Å²) in [5, 5.41) is 2.26. The highest BCUT2D eigenvalue weighted by Crippen LogP contribution is 2.19. The van der Waals surface area contributed by atoms with E-state index in [1.54, 1.807) is 0 Å². The summed E-state index contributed by atoms with van der Waals surface area (Å²) < 4.78 is 0. The highest BCUT2D eigenvalue weighted by atomic mass is 35.5. The molecule has 2 rings (SSSR count). The number of nitrogens with one attached hydrogen (secondary N) is 1. The van der Waals surface area contributed by atoms with Crippen molar-refractivity contribution in [1.82, 2.24) is 5.32 Å². The predicted molar refractivity (Wildman–Crippen MR) is 87.7 cm³/mol. The topological polar surface area (TPSA) is 29.1 Å². The number of carbonyl (C=O) groups is 1. The van der Waals surface area contributed by atoms with Gasteiger partial charge in [0.05, 0.1) is 0 Å². The van der Waals surface area contributed by atoms with Crippen LogP contribution in [0.1, 0.15) is 27.6 Å². The lowest BCUT2D eigenvalue weighted by molar-refractivity contribution is -0.120. The fourth-order valence-corrected chi connectivity index (χ4v) is 2.37. The van der Waals surface area contributed by atoms with Crippen LogP contribution in [0.25, 0.3) is 0 Å². The molecule has 0 aromatic heterocycles. The molecule has 0 radical (unpaired) electrons. The molecule has 2 nitrogen and oxygen atoms in total. The van der Waals surface area contributed by atoms with Gasteiger partial charge in [-0.3, -0.25) is 4.79 Å². The monoisotopic (exact) mass is 301 g/mol. The van der Waals surface area contributed by atoms with E-state index in [-0.39, 0.29) is 5.91 Å². The molecule has 110 valence electrons. The molecule has 0 fully saturated rings. The van der Waals surface area contributed by atoms with E-state index in [1.165, 1.54) is 16.7 Å². The Kier molecular flexibility index (Phi) is 5.40. The molecule has 0 saturated carbocycles. The Morgan fingerprint density at radius 1 is 1.10 bits per heavy atom. The van der Waals surface area contributed by atoms with Gasteiger partial charge in [-0.25, -0.2) is 0 Å². The quantitative estimate of drug-likeness (QED) is 0.833. The van der Waals surface area contributed by atoms with E-state index in [0.29, 0.717) is 6.54 Å². The third-order valence-electron chi connectivity index (χ3n) is 3.61. The van der Waals surface area contributed by atoms with E-state index in [4.69, 9.17) is 11.6 Å². The molecule has 0 spiro atoms. The molecule has 2 aromatic carbocycles. The zero-order chi connectivity index (χ0) is 15.2. The number of alkyl halides is 1. The van der Waals surface area contributed by atoms with Gasteiger partial charge in [0.1, 0.15) is 5.38 Å². The van der Waals surface area contributed by atoms with Crippen LogP contribution in [-0.2, 0) is 11.2 Å². The van der Waals surface area contributed by atoms with Crippen LogP contribution in [0.4, 0.5) is 0 Å². The van der Waals surface area contributed by atoms with Crippen LogP contribution in [0.5, 0.6) is 0 Å². The zero-order valence-corrected chi connectivity index (χ0v) is 13.2. The Bertz CT molecular complexity index is 610. The van der Waals surface area contributed by atoms with Gasteiger partial charge in [-0.1, -0.05) is 48.5 Å². The Morgan fingerprint density at radius 2 is 1.81 bits per heavy atom. The molecule has 1 atom stereocenters. The van der Waals surface area contributed by atoms with Crippen LogP contribution >= 0.6 is 11.6 Å². The first-order chi connectivity index (χ1) is 10.1. The minimum Gasteiger partial charge on any atom is -0.354 e. The lowest BCUT2D eigenvalue weighted by atomic mass is 10.0. The van der Waals surface area contributed by atoms with Crippen molar-refractivity contribution < 1.29 is 4.79 Å². The summed E-state index contributed by atoms with van der Waals surface area (Å²) in [4.78, 5) is 12.0. The van der Waals surface area contributed by atoms with Gasteiger partial charge in [0.25, 0.3) is 0 Å². The Balaban J connectivity index is 1.85. The summed E-state index contributed by atoms with van der Waals surface area (Å²) in [7, 11) is 0. The molecular weight excluding hydrogens is 282 g/mol. The number of rotatable bonds is 5. The highest BCUT2D eigenvalue weighted by molar-refractivity contribution is 6.30. The predicted octanol–water partition coefficient (Wildman–Crippen LogP) is 3.94. The summed E-state index contributed by atoms with van der Waals surface area (Å²) in [6, 6.07) is 15.8. The molecule has 2 aromatic rings. The van der Waals surface area contributed by atoms with Crippen molar-refractivity contribution in [3.8, 4) is 0 Å². The molecule has 0 heterocycles. The highest BCUT2D eigenvalue weighted by Gasteiger charge is 2.16. The van der Waals surface area contributed by atoms with E-state index in [1.807, 2.05) is 30.3 Å². The fraction of sp³-hybridized carbons (Fsp3) is 0.278. The number of aryl methyl sites for hydroxylation is 2. The van der Waals surface area contributed by atoms with Gasteiger partial charge < -0.3 is 5.32 Å².